The summed E-state index contributed by atoms with van der Waals surface area (Å²) in [6.07, 6.45) is 1.78. The van der Waals surface area contributed by atoms with Gasteiger partial charge in [0.15, 0.2) is 17.2 Å². The number of carbonyl (C=O) groups is 1. The van der Waals surface area contributed by atoms with Gasteiger partial charge in [0.25, 0.3) is 5.91 Å². The van der Waals surface area contributed by atoms with Gasteiger partial charge in [0.2, 0.25) is 0 Å². The number of carbonyl (C=O) groups excluding carboxylic acids is 1. The molecule has 1 N–H and O–H groups in total. The zero-order valence-corrected chi connectivity index (χ0v) is 17.3. The molecule has 3 aromatic rings. The van der Waals surface area contributed by atoms with Crippen LogP contribution in [-0.2, 0) is 0 Å². The second-order valence-electron chi connectivity index (χ2n) is 7.29. The summed E-state index contributed by atoms with van der Waals surface area (Å²) in [6, 6.07) is 16.9. The number of methoxy groups -OCH3 is 1. The summed E-state index contributed by atoms with van der Waals surface area (Å²) in [6.45, 7) is 6.73. The normalized spacial score (nSPS) is 11.9. The number of hydrogen-bond acceptors (Lipinski definition) is 4. The Balaban J connectivity index is 1.69. The van der Waals surface area contributed by atoms with Crippen molar-refractivity contribution in [1.82, 2.24) is 15.1 Å². The van der Waals surface area contributed by atoms with E-state index in [0.29, 0.717) is 29.7 Å². The van der Waals surface area contributed by atoms with Crippen molar-refractivity contribution in [2.24, 2.45) is 5.92 Å². The maximum absolute atomic E-state index is 12.6. The molecule has 0 bridgehead atoms. The molecule has 6 nitrogen and oxygen atoms in total. The Kier molecular flexibility index (Phi) is 6.54. The Hall–Kier alpha value is -3.28. The smallest absolute Gasteiger partial charge is 0.272 e. The van der Waals surface area contributed by atoms with Crippen LogP contribution in [0.5, 0.6) is 11.5 Å². The lowest BCUT2D eigenvalue weighted by molar-refractivity contribution is 0.0934. The molecule has 1 heterocycles. The minimum Gasteiger partial charge on any atom is -0.493 e. The number of benzene rings is 2. The number of nitrogens with one attached hydrogen (secondary N) is 1. The topological polar surface area (TPSA) is 65.4 Å². The number of ether oxygens (including phenoxy) is 2. The van der Waals surface area contributed by atoms with Crippen LogP contribution >= 0.6 is 0 Å². The highest BCUT2D eigenvalue weighted by Gasteiger charge is 2.16. The Morgan fingerprint density at radius 3 is 2.52 bits per heavy atom. The molecule has 3 rings (SSSR count). The van der Waals surface area contributed by atoms with Crippen molar-refractivity contribution < 1.29 is 14.3 Å². The van der Waals surface area contributed by atoms with E-state index in [2.05, 4.69) is 24.3 Å². The van der Waals surface area contributed by atoms with E-state index in [4.69, 9.17) is 9.47 Å². The molecule has 0 spiro atoms. The summed E-state index contributed by atoms with van der Waals surface area (Å²) in [5.41, 5.74) is 2.19. The van der Waals surface area contributed by atoms with Crippen LogP contribution in [0.15, 0.2) is 60.8 Å². The zero-order chi connectivity index (χ0) is 20.8. The monoisotopic (exact) mass is 393 g/mol. The third-order valence-corrected chi connectivity index (χ3v) is 4.45. The molecule has 152 valence electrons. The van der Waals surface area contributed by atoms with E-state index in [0.717, 1.165) is 11.3 Å². The third-order valence-electron chi connectivity index (χ3n) is 4.45. The summed E-state index contributed by atoms with van der Waals surface area (Å²) in [5, 5.41) is 7.36. The van der Waals surface area contributed by atoms with Gasteiger partial charge < -0.3 is 14.8 Å². The molecular weight excluding hydrogens is 366 g/mol. The van der Waals surface area contributed by atoms with Crippen LogP contribution in [0, 0.1) is 5.92 Å². The highest BCUT2D eigenvalue weighted by atomic mass is 16.5. The van der Waals surface area contributed by atoms with Crippen LogP contribution in [0.3, 0.4) is 0 Å². The van der Waals surface area contributed by atoms with Crippen molar-refractivity contribution in [3.8, 4) is 17.2 Å². The summed E-state index contributed by atoms with van der Waals surface area (Å²) < 4.78 is 12.9. The molecule has 0 aliphatic carbocycles. The van der Waals surface area contributed by atoms with Crippen LogP contribution in [0.25, 0.3) is 5.69 Å². The molecular formula is C23H27N3O3. The van der Waals surface area contributed by atoms with Crippen molar-refractivity contribution in [2.45, 2.75) is 26.8 Å². The van der Waals surface area contributed by atoms with E-state index >= 15 is 0 Å². The number of aromatic nitrogens is 2. The molecule has 0 radical (unpaired) electrons. The molecule has 1 unspecified atom stereocenters. The first kappa shape index (κ1) is 20.5. The predicted octanol–water partition coefficient (Wildman–Crippen LogP) is 4.41. The van der Waals surface area contributed by atoms with Gasteiger partial charge in [-0.25, -0.2) is 4.68 Å². The second-order valence-corrected chi connectivity index (χ2v) is 7.29. The highest BCUT2D eigenvalue weighted by molar-refractivity contribution is 5.92. The molecule has 0 aliphatic rings. The van der Waals surface area contributed by atoms with Crippen molar-refractivity contribution in [3.63, 3.8) is 0 Å². The Morgan fingerprint density at radius 1 is 1.07 bits per heavy atom. The van der Waals surface area contributed by atoms with Gasteiger partial charge in [-0.1, -0.05) is 38.1 Å². The van der Waals surface area contributed by atoms with E-state index in [9.17, 15) is 4.79 Å². The largest absolute Gasteiger partial charge is 0.493 e. The third kappa shape index (κ3) is 5.16. The fourth-order valence-corrected chi connectivity index (χ4v) is 2.85. The van der Waals surface area contributed by atoms with Crippen molar-refractivity contribution in [1.29, 1.82) is 0 Å². The van der Waals surface area contributed by atoms with E-state index < -0.39 is 0 Å². The number of nitrogens with zero attached hydrogens (tertiary/aromatic N) is 2. The van der Waals surface area contributed by atoms with Crippen molar-refractivity contribution in [2.75, 3.05) is 13.7 Å². The molecule has 2 aromatic carbocycles. The maximum atomic E-state index is 12.6. The lowest BCUT2D eigenvalue weighted by Gasteiger charge is -2.17. The molecule has 0 saturated heterocycles. The van der Waals surface area contributed by atoms with Gasteiger partial charge in [0, 0.05) is 6.20 Å². The first-order valence-electron chi connectivity index (χ1n) is 9.70. The standard InChI is InChI=1S/C23H27N3O3/c1-16(2)15-29-21-11-10-18(14-22(21)28-4)17(3)24-23(27)20-12-13-26(25-20)19-8-6-5-7-9-19/h5-14,16-17H,15H2,1-4H3,(H,24,27). The van der Waals surface area contributed by atoms with Gasteiger partial charge in [0.1, 0.15) is 0 Å². The average Bonchev–Trinajstić information content (AvgIpc) is 3.23. The summed E-state index contributed by atoms with van der Waals surface area (Å²) in [5.74, 6) is 1.54. The Labute approximate surface area is 171 Å². The lowest BCUT2D eigenvalue weighted by atomic mass is 10.1. The Morgan fingerprint density at radius 2 is 1.83 bits per heavy atom. The summed E-state index contributed by atoms with van der Waals surface area (Å²) >= 11 is 0. The Bertz CT molecular complexity index is 951. The number of amides is 1. The van der Waals surface area contributed by atoms with Gasteiger partial charge in [-0.05, 0) is 48.7 Å². The highest BCUT2D eigenvalue weighted by Crippen LogP contribution is 2.30. The van der Waals surface area contributed by atoms with Crippen LogP contribution < -0.4 is 14.8 Å². The van der Waals surface area contributed by atoms with Crippen LogP contribution in [0.4, 0.5) is 0 Å². The molecule has 6 heteroatoms. The molecule has 1 atom stereocenters. The van der Waals surface area contributed by atoms with E-state index in [1.54, 1.807) is 24.1 Å². The first-order chi connectivity index (χ1) is 14.0. The zero-order valence-electron chi connectivity index (χ0n) is 17.3. The number of rotatable bonds is 8. The molecule has 0 fully saturated rings. The summed E-state index contributed by atoms with van der Waals surface area (Å²) in [4.78, 5) is 12.6. The van der Waals surface area contributed by atoms with Gasteiger partial charge in [0.05, 0.1) is 25.4 Å². The minimum absolute atomic E-state index is 0.211. The predicted molar refractivity (Wildman–Crippen MR) is 113 cm³/mol. The number of para-hydroxylation sites is 1. The quantitative estimate of drug-likeness (QED) is 0.616. The molecule has 29 heavy (non-hydrogen) atoms. The average molecular weight is 393 g/mol. The van der Waals surface area contributed by atoms with Gasteiger partial charge >= 0.3 is 0 Å². The van der Waals surface area contributed by atoms with Crippen molar-refractivity contribution in [3.05, 3.63) is 72.1 Å². The fraction of sp³-hybridized carbons (Fsp3) is 0.304. The molecule has 1 aromatic heterocycles. The van der Waals surface area contributed by atoms with Gasteiger partial charge in [-0.15, -0.1) is 0 Å². The number of hydrogen-bond donors (Lipinski definition) is 1. The summed E-state index contributed by atoms with van der Waals surface area (Å²) in [7, 11) is 1.61. The second kappa shape index (κ2) is 9.28. The van der Waals surface area contributed by atoms with Crippen LogP contribution in [-0.4, -0.2) is 29.4 Å². The molecule has 0 saturated carbocycles. The van der Waals surface area contributed by atoms with E-state index in [-0.39, 0.29) is 11.9 Å². The van der Waals surface area contributed by atoms with Crippen molar-refractivity contribution >= 4 is 5.91 Å². The lowest BCUT2D eigenvalue weighted by Crippen LogP contribution is -2.27. The molecule has 1 amide bonds. The fourth-order valence-electron chi connectivity index (χ4n) is 2.85. The van der Waals surface area contributed by atoms with E-state index in [1.807, 2.05) is 55.5 Å². The van der Waals surface area contributed by atoms with Gasteiger partial charge in [-0.3, -0.25) is 4.79 Å². The SMILES string of the molecule is COc1cc(C(C)NC(=O)c2ccn(-c3ccccc3)n2)ccc1OCC(C)C. The first-order valence-corrected chi connectivity index (χ1v) is 9.70. The maximum Gasteiger partial charge on any atom is 0.272 e. The van der Waals surface area contributed by atoms with Gasteiger partial charge in [-0.2, -0.15) is 5.10 Å². The molecule has 0 aliphatic heterocycles. The minimum atomic E-state index is -0.230. The van der Waals surface area contributed by atoms with Crippen LogP contribution in [0.1, 0.15) is 42.9 Å². The van der Waals surface area contributed by atoms with E-state index in [1.165, 1.54) is 0 Å². The van der Waals surface area contributed by atoms with Crippen LogP contribution in [0.2, 0.25) is 0 Å².